The number of rotatable bonds is 48. The zero-order chi connectivity index (χ0) is 46.3. The molecule has 0 bridgehead atoms. The monoisotopic (exact) mass is 888 g/mol. The summed E-state index contributed by atoms with van der Waals surface area (Å²) in [5.41, 5.74) is 0. The number of unbranched alkanes of at least 4 members (excludes halogenated alkanes) is 28. The zero-order valence-corrected chi connectivity index (χ0v) is 42.0. The molecule has 0 saturated heterocycles. The Bertz CT molecular complexity index is 1130. The molecule has 8 heteroatoms. The van der Waals surface area contributed by atoms with Gasteiger partial charge in [-0.2, -0.15) is 0 Å². The molecule has 2 atom stereocenters. The Labute approximate surface area is 389 Å². The molecule has 0 rings (SSSR count). The lowest BCUT2D eigenvalue weighted by atomic mass is 10.0. The van der Waals surface area contributed by atoms with Crippen LogP contribution < -0.4 is 5.11 Å². The lowest BCUT2D eigenvalue weighted by Crippen LogP contribution is -2.55. The second-order valence-electron chi connectivity index (χ2n) is 19.1. The van der Waals surface area contributed by atoms with Crippen LogP contribution in [0.4, 0.5) is 0 Å². The summed E-state index contributed by atoms with van der Waals surface area (Å²) in [4.78, 5) is 37.0. The highest BCUT2D eigenvalue weighted by Gasteiger charge is 2.25. The van der Waals surface area contributed by atoms with Crippen molar-refractivity contribution in [2.45, 2.75) is 257 Å². The van der Waals surface area contributed by atoms with Crippen LogP contribution in [0.25, 0.3) is 0 Å². The Morgan fingerprint density at radius 1 is 0.476 bits per heavy atom. The van der Waals surface area contributed by atoms with Crippen LogP contribution in [0.3, 0.4) is 0 Å². The summed E-state index contributed by atoms with van der Waals surface area (Å²) in [7, 11) is 5.41. The summed E-state index contributed by atoms with van der Waals surface area (Å²) in [5.74, 6) is -1.74. The maximum absolute atomic E-state index is 12.8. The van der Waals surface area contributed by atoms with Crippen LogP contribution in [0.1, 0.15) is 245 Å². The van der Waals surface area contributed by atoms with E-state index in [1.165, 1.54) is 148 Å². The summed E-state index contributed by atoms with van der Waals surface area (Å²) in [6, 6.07) is -0.728. The number of allylic oxidation sites excluding steroid dienone is 6. The molecule has 8 nitrogen and oxygen atoms in total. The number of hydrogen-bond donors (Lipinski definition) is 0. The number of quaternary nitrogens is 1. The summed E-state index contributed by atoms with van der Waals surface area (Å²) < 4.78 is 17.2. The first-order chi connectivity index (χ1) is 30.6. The van der Waals surface area contributed by atoms with Gasteiger partial charge >= 0.3 is 11.9 Å². The highest BCUT2D eigenvalue weighted by molar-refractivity contribution is 5.70. The Kier molecular flexibility index (Phi) is 44.3. The van der Waals surface area contributed by atoms with E-state index in [0.717, 1.165) is 64.2 Å². The highest BCUT2D eigenvalue weighted by atomic mass is 16.6. The van der Waals surface area contributed by atoms with Gasteiger partial charge in [0.25, 0.3) is 0 Å². The van der Waals surface area contributed by atoms with Crippen LogP contribution >= 0.6 is 0 Å². The van der Waals surface area contributed by atoms with Crippen molar-refractivity contribution in [3.05, 3.63) is 36.5 Å². The number of esters is 2. The Balaban J connectivity index is 4.19. The summed E-state index contributed by atoms with van der Waals surface area (Å²) in [6.07, 6.45) is 54.6. The summed E-state index contributed by atoms with van der Waals surface area (Å²) >= 11 is 0. The second-order valence-corrected chi connectivity index (χ2v) is 19.1. The molecule has 0 saturated carbocycles. The lowest BCUT2D eigenvalue weighted by Gasteiger charge is -2.34. The van der Waals surface area contributed by atoms with Crippen LogP contribution in [0, 0.1) is 0 Å². The molecular formula is C55H101NO7. The van der Waals surface area contributed by atoms with E-state index < -0.39 is 18.1 Å². The fraction of sp³-hybridized carbons (Fsp3) is 0.836. The van der Waals surface area contributed by atoms with Gasteiger partial charge in [-0.05, 0) is 70.6 Å². The van der Waals surface area contributed by atoms with Crippen LogP contribution in [-0.4, -0.2) is 75.5 Å². The van der Waals surface area contributed by atoms with Crippen molar-refractivity contribution in [1.29, 1.82) is 0 Å². The van der Waals surface area contributed by atoms with Crippen LogP contribution in [-0.2, 0) is 28.6 Å². The Hall–Kier alpha value is -2.45. The van der Waals surface area contributed by atoms with Gasteiger partial charge in [-0.25, -0.2) is 0 Å². The number of carboxylic acids is 1. The molecule has 0 heterocycles. The maximum Gasteiger partial charge on any atom is 0.306 e. The molecule has 0 aromatic heterocycles. The van der Waals surface area contributed by atoms with E-state index in [1.54, 1.807) is 21.1 Å². The van der Waals surface area contributed by atoms with Gasteiger partial charge in [-0.1, -0.05) is 192 Å². The highest BCUT2D eigenvalue weighted by Crippen LogP contribution is 2.15. The van der Waals surface area contributed by atoms with E-state index >= 15 is 0 Å². The molecule has 2 unspecified atom stereocenters. The number of ether oxygens (including phenoxy) is 3. The van der Waals surface area contributed by atoms with E-state index in [0.29, 0.717) is 12.8 Å². The van der Waals surface area contributed by atoms with Gasteiger partial charge in [0.1, 0.15) is 12.6 Å². The van der Waals surface area contributed by atoms with E-state index in [1.807, 2.05) is 0 Å². The van der Waals surface area contributed by atoms with Crippen molar-refractivity contribution in [3.8, 4) is 0 Å². The first-order valence-electron chi connectivity index (χ1n) is 26.5. The fourth-order valence-electron chi connectivity index (χ4n) is 7.86. The minimum absolute atomic E-state index is 0.0367. The molecule has 0 aliphatic carbocycles. The van der Waals surface area contributed by atoms with Crippen LogP contribution in [0.15, 0.2) is 36.5 Å². The van der Waals surface area contributed by atoms with Crippen molar-refractivity contribution in [1.82, 2.24) is 0 Å². The third-order valence-corrected chi connectivity index (χ3v) is 12.0. The average Bonchev–Trinajstić information content (AvgIpc) is 3.24. The first-order valence-corrected chi connectivity index (χ1v) is 26.5. The quantitative estimate of drug-likeness (QED) is 0.0259. The zero-order valence-electron chi connectivity index (χ0n) is 42.0. The SMILES string of the molecule is CCCCCC/C=C\C/C=C\CCCCCCCC(=O)OC(COCCC(C(=O)[O-])[N+](C)(C)C)COC(=O)CCCCCCCCCCCCC/C=C\CCCCCCCCCC. The first kappa shape index (κ1) is 60.5. The van der Waals surface area contributed by atoms with Crippen molar-refractivity contribution in [2.24, 2.45) is 0 Å². The lowest BCUT2D eigenvalue weighted by molar-refractivity contribution is -0.889. The van der Waals surface area contributed by atoms with E-state index in [9.17, 15) is 19.5 Å². The summed E-state index contributed by atoms with van der Waals surface area (Å²) in [5, 5.41) is 11.7. The van der Waals surface area contributed by atoms with Gasteiger partial charge in [0.05, 0.1) is 40.3 Å². The third-order valence-electron chi connectivity index (χ3n) is 12.0. The molecule has 368 valence electrons. The number of likely N-dealkylation sites (N-methyl/N-ethyl adjacent to an activating group) is 1. The number of nitrogens with zero attached hydrogens (tertiary/aromatic N) is 1. The number of carboxylic acid groups (broad SMARTS) is 1. The minimum atomic E-state index is -1.13. The van der Waals surface area contributed by atoms with Gasteiger partial charge in [-0.3, -0.25) is 9.59 Å². The van der Waals surface area contributed by atoms with E-state index in [4.69, 9.17) is 14.2 Å². The molecule has 0 N–H and O–H groups in total. The van der Waals surface area contributed by atoms with E-state index in [-0.39, 0.29) is 42.7 Å². The van der Waals surface area contributed by atoms with E-state index in [2.05, 4.69) is 50.3 Å². The van der Waals surface area contributed by atoms with Gasteiger partial charge in [0.15, 0.2) is 6.10 Å². The predicted octanol–water partition coefficient (Wildman–Crippen LogP) is 14.0. The maximum atomic E-state index is 12.8. The van der Waals surface area contributed by atoms with Gasteiger partial charge in [0, 0.05) is 19.3 Å². The van der Waals surface area contributed by atoms with Crippen molar-refractivity contribution in [2.75, 3.05) is 41.0 Å². The molecule has 0 amide bonds. The van der Waals surface area contributed by atoms with Crippen molar-refractivity contribution >= 4 is 17.9 Å². The minimum Gasteiger partial charge on any atom is -0.544 e. The van der Waals surface area contributed by atoms with Gasteiger partial charge in [-0.15, -0.1) is 0 Å². The molecule has 0 aliphatic heterocycles. The number of aliphatic carboxylic acids is 1. The molecule has 0 radical (unpaired) electrons. The summed E-state index contributed by atoms with van der Waals surface area (Å²) in [6.45, 7) is 4.66. The standard InChI is InChI=1S/C55H101NO7/c1-6-8-10-12-14-16-18-20-22-24-25-26-27-28-29-30-32-33-35-37-39-41-43-45-53(57)62-50-51(49-61-48-47-52(55(59)60)56(3,4)5)63-54(58)46-44-42-40-38-36-34-31-23-21-19-17-15-13-11-9-7-2/h17,19,23-25,31,51-52H,6-16,18,20-22,26-30,32-50H2,1-5H3/b19-17-,25-24-,31-23-. The molecule has 0 spiro atoms. The molecule has 0 aromatic rings. The normalized spacial score (nSPS) is 13.1. The number of carbonyl (C=O) groups is 3. The third kappa shape index (κ3) is 44.5. The smallest absolute Gasteiger partial charge is 0.306 e. The molecule has 0 aliphatic rings. The average molecular weight is 888 g/mol. The Morgan fingerprint density at radius 2 is 0.841 bits per heavy atom. The fourth-order valence-corrected chi connectivity index (χ4v) is 7.86. The van der Waals surface area contributed by atoms with Crippen molar-refractivity contribution < 1.29 is 38.2 Å². The number of carbonyl (C=O) groups excluding carboxylic acids is 3. The molecular weight excluding hydrogens is 787 g/mol. The number of hydrogen-bond acceptors (Lipinski definition) is 7. The van der Waals surface area contributed by atoms with Gasteiger partial charge in [0.2, 0.25) is 0 Å². The topological polar surface area (TPSA) is 102 Å². The van der Waals surface area contributed by atoms with Crippen LogP contribution in [0.5, 0.6) is 0 Å². The Morgan fingerprint density at radius 3 is 1.25 bits per heavy atom. The largest absolute Gasteiger partial charge is 0.544 e. The van der Waals surface area contributed by atoms with Crippen LogP contribution in [0.2, 0.25) is 0 Å². The molecule has 0 aromatic carbocycles. The molecule has 0 fully saturated rings. The second kappa shape index (κ2) is 46.1. The van der Waals surface area contributed by atoms with Crippen molar-refractivity contribution in [3.63, 3.8) is 0 Å². The van der Waals surface area contributed by atoms with Gasteiger partial charge < -0.3 is 28.6 Å². The predicted molar refractivity (Wildman–Crippen MR) is 263 cm³/mol. The molecule has 63 heavy (non-hydrogen) atoms.